The molecule has 162 valence electrons. The van der Waals surface area contributed by atoms with Crippen LogP contribution in [0.4, 0.5) is 11.6 Å². The molecule has 31 heavy (non-hydrogen) atoms. The molecule has 3 aromatic rings. The van der Waals surface area contributed by atoms with Gasteiger partial charge in [0, 0.05) is 6.04 Å². The van der Waals surface area contributed by atoms with E-state index in [0.29, 0.717) is 28.9 Å². The molecule has 1 aliphatic rings. The van der Waals surface area contributed by atoms with Gasteiger partial charge in [0.05, 0.1) is 39.0 Å². The van der Waals surface area contributed by atoms with Gasteiger partial charge in [0.25, 0.3) is 0 Å². The van der Waals surface area contributed by atoms with Gasteiger partial charge in [0.1, 0.15) is 12.1 Å². The molecule has 0 fully saturated rings. The summed E-state index contributed by atoms with van der Waals surface area (Å²) in [5.41, 5.74) is 1.47. The first-order valence-corrected chi connectivity index (χ1v) is 9.89. The van der Waals surface area contributed by atoms with E-state index in [4.69, 9.17) is 14.2 Å². The number of nitrogens with zero attached hydrogens (tertiary/aromatic N) is 3. The maximum atomic E-state index is 13.5. The number of carbonyl (C=O) groups excluding carboxylic acids is 1. The summed E-state index contributed by atoms with van der Waals surface area (Å²) >= 11 is 0. The van der Waals surface area contributed by atoms with E-state index >= 15 is 0 Å². The van der Waals surface area contributed by atoms with Crippen molar-refractivity contribution >= 4 is 17.5 Å². The Morgan fingerprint density at radius 1 is 1.03 bits per heavy atom. The van der Waals surface area contributed by atoms with Crippen molar-refractivity contribution in [1.82, 2.24) is 14.8 Å². The number of hydrogen-bond donors (Lipinski definition) is 2. The molecule has 1 aromatic heterocycles. The molecule has 2 aromatic carbocycles. The molecular weight excluding hydrogens is 398 g/mol. The Morgan fingerprint density at radius 3 is 2.52 bits per heavy atom. The number of amides is 1. The average Bonchev–Trinajstić information content (AvgIpc) is 3.25. The van der Waals surface area contributed by atoms with E-state index in [2.05, 4.69) is 20.7 Å². The zero-order valence-corrected chi connectivity index (χ0v) is 17.8. The third kappa shape index (κ3) is 3.74. The lowest BCUT2D eigenvalue weighted by Crippen LogP contribution is -2.46. The highest BCUT2D eigenvalue weighted by Crippen LogP contribution is 2.40. The number of fused-ring (bicyclic) bond motifs is 1. The Kier molecular flexibility index (Phi) is 5.66. The normalized spacial score (nSPS) is 19.7. The van der Waals surface area contributed by atoms with E-state index in [1.165, 1.54) is 6.33 Å². The minimum atomic E-state index is -0.489. The van der Waals surface area contributed by atoms with Gasteiger partial charge in [-0.15, -0.1) is 0 Å². The molecular formula is C22H25N5O4. The van der Waals surface area contributed by atoms with Crippen LogP contribution in [-0.2, 0) is 4.79 Å². The Hall–Kier alpha value is -3.75. The Balaban J connectivity index is 1.75. The lowest BCUT2D eigenvalue weighted by atomic mass is 9.85. The molecule has 9 nitrogen and oxygen atoms in total. The van der Waals surface area contributed by atoms with Crippen LogP contribution < -0.4 is 24.8 Å². The number of aromatic nitrogens is 3. The number of nitrogens with one attached hydrogen (secondary N) is 2. The molecule has 1 aliphatic heterocycles. The van der Waals surface area contributed by atoms with Gasteiger partial charge in [-0.1, -0.05) is 18.2 Å². The molecule has 0 bridgehead atoms. The molecule has 0 aliphatic carbocycles. The molecule has 0 saturated heterocycles. The number of anilines is 2. The van der Waals surface area contributed by atoms with Crippen molar-refractivity contribution in [2.24, 2.45) is 5.92 Å². The SMILES string of the molecule is COc1ccccc1NC(=O)[C@H]1[C@@H](c2ccc(OC)c(OC)c2)n2ncnc2N[C@@H]1C. The van der Waals surface area contributed by atoms with Gasteiger partial charge in [0.2, 0.25) is 11.9 Å². The van der Waals surface area contributed by atoms with Gasteiger partial charge in [0.15, 0.2) is 11.5 Å². The van der Waals surface area contributed by atoms with Crippen LogP contribution in [-0.4, -0.2) is 48.0 Å². The lowest BCUT2D eigenvalue weighted by molar-refractivity contribution is -0.121. The second kappa shape index (κ2) is 8.55. The van der Waals surface area contributed by atoms with Crippen molar-refractivity contribution < 1.29 is 19.0 Å². The van der Waals surface area contributed by atoms with Gasteiger partial charge in [-0.3, -0.25) is 4.79 Å². The zero-order chi connectivity index (χ0) is 22.0. The molecule has 0 saturated carbocycles. The first kappa shape index (κ1) is 20.5. The second-order valence-corrected chi connectivity index (χ2v) is 7.24. The molecule has 2 heterocycles. The summed E-state index contributed by atoms with van der Waals surface area (Å²) in [5, 5.41) is 10.7. The third-order valence-corrected chi connectivity index (χ3v) is 5.49. The van der Waals surface area contributed by atoms with E-state index < -0.39 is 12.0 Å². The second-order valence-electron chi connectivity index (χ2n) is 7.24. The van der Waals surface area contributed by atoms with Crippen molar-refractivity contribution in [3.63, 3.8) is 0 Å². The number of para-hydroxylation sites is 2. The van der Waals surface area contributed by atoms with Crippen LogP contribution in [0.25, 0.3) is 0 Å². The topological polar surface area (TPSA) is 99.5 Å². The van der Waals surface area contributed by atoms with Crippen LogP contribution in [0.1, 0.15) is 18.5 Å². The Bertz CT molecular complexity index is 1080. The van der Waals surface area contributed by atoms with Crippen LogP contribution in [0.5, 0.6) is 17.2 Å². The van der Waals surface area contributed by atoms with Gasteiger partial charge < -0.3 is 24.8 Å². The quantitative estimate of drug-likeness (QED) is 0.629. The first-order valence-electron chi connectivity index (χ1n) is 9.89. The summed E-state index contributed by atoms with van der Waals surface area (Å²) in [4.78, 5) is 17.8. The minimum Gasteiger partial charge on any atom is -0.495 e. The summed E-state index contributed by atoms with van der Waals surface area (Å²) in [6.07, 6.45) is 1.48. The molecule has 0 radical (unpaired) electrons. The van der Waals surface area contributed by atoms with Gasteiger partial charge in [-0.25, -0.2) is 4.68 Å². The van der Waals surface area contributed by atoms with E-state index in [1.54, 1.807) is 32.1 Å². The molecule has 9 heteroatoms. The summed E-state index contributed by atoms with van der Waals surface area (Å²) in [6, 6.07) is 12.3. The predicted octanol–water partition coefficient (Wildman–Crippen LogP) is 2.96. The van der Waals surface area contributed by atoms with Crippen molar-refractivity contribution in [3.8, 4) is 17.2 Å². The Morgan fingerprint density at radius 2 is 1.77 bits per heavy atom. The van der Waals surface area contributed by atoms with E-state index in [1.807, 2.05) is 43.3 Å². The van der Waals surface area contributed by atoms with Gasteiger partial charge in [-0.05, 0) is 36.8 Å². The van der Waals surface area contributed by atoms with Gasteiger partial charge in [-0.2, -0.15) is 10.1 Å². The number of rotatable bonds is 6. The minimum absolute atomic E-state index is 0.162. The standard InChI is InChI=1S/C22H25N5O4/c1-13-19(21(28)26-15-7-5-6-8-16(15)29-2)20(27-22(25-13)23-12-24-27)14-9-10-17(30-3)18(11-14)31-4/h5-13,19-20H,1-4H3,(H,26,28)(H,23,24,25)/t13-,19-,20-/m1/s1. The van der Waals surface area contributed by atoms with Crippen molar-refractivity contribution in [3.05, 3.63) is 54.4 Å². The fourth-order valence-electron chi connectivity index (χ4n) is 4.00. The number of ether oxygens (including phenoxy) is 3. The van der Waals surface area contributed by atoms with Crippen LogP contribution in [0.15, 0.2) is 48.8 Å². The first-order chi connectivity index (χ1) is 15.1. The third-order valence-electron chi connectivity index (χ3n) is 5.49. The van der Waals surface area contributed by atoms with Crippen LogP contribution >= 0.6 is 0 Å². The largest absolute Gasteiger partial charge is 0.495 e. The summed E-state index contributed by atoms with van der Waals surface area (Å²) in [7, 11) is 4.74. The van der Waals surface area contributed by atoms with Crippen molar-refractivity contribution in [2.45, 2.75) is 19.0 Å². The molecule has 1 amide bonds. The highest BCUT2D eigenvalue weighted by molar-refractivity contribution is 5.95. The molecule has 2 N–H and O–H groups in total. The summed E-state index contributed by atoms with van der Waals surface area (Å²) < 4.78 is 18.0. The number of methoxy groups -OCH3 is 3. The fourth-order valence-corrected chi connectivity index (χ4v) is 4.00. The van der Waals surface area contributed by atoms with Crippen molar-refractivity contribution in [1.29, 1.82) is 0 Å². The van der Waals surface area contributed by atoms with Gasteiger partial charge >= 0.3 is 0 Å². The maximum absolute atomic E-state index is 13.5. The van der Waals surface area contributed by atoms with Crippen molar-refractivity contribution in [2.75, 3.05) is 32.0 Å². The summed E-state index contributed by atoms with van der Waals surface area (Å²) in [5.74, 6) is 1.74. The summed E-state index contributed by atoms with van der Waals surface area (Å²) in [6.45, 7) is 1.96. The number of hydrogen-bond acceptors (Lipinski definition) is 7. The molecule has 4 rings (SSSR count). The van der Waals surface area contributed by atoms with Crippen LogP contribution in [0.3, 0.4) is 0 Å². The monoisotopic (exact) mass is 423 g/mol. The van der Waals surface area contributed by atoms with E-state index in [-0.39, 0.29) is 11.9 Å². The molecule has 3 atom stereocenters. The highest BCUT2D eigenvalue weighted by atomic mass is 16.5. The maximum Gasteiger partial charge on any atom is 0.232 e. The average molecular weight is 423 g/mol. The van der Waals surface area contributed by atoms with Crippen LogP contribution in [0, 0.1) is 5.92 Å². The number of benzene rings is 2. The lowest BCUT2D eigenvalue weighted by Gasteiger charge is -2.37. The predicted molar refractivity (Wildman–Crippen MR) is 116 cm³/mol. The van der Waals surface area contributed by atoms with Crippen LogP contribution in [0.2, 0.25) is 0 Å². The molecule has 0 spiro atoms. The number of carbonyl (C=O) groups is 1. The highest BCUT2D eigenvalue weighted by Gasteiger charge is 2.41. The van der Waals surface area contributed by atoms with E-state index in [9.17, 15) is 4.79 Å². The molecule has 0 unspecified atom stereocenters. The Labute approximate surface area is 180 Å². The smallest absolute Gasteiger partial charge is 0.232 e. The van der Waals surface area contributed by atoms with E-state index in [0.717, 1.165) is 5.56 Å². The fraction of sp³-hybridized carbons (Fsp3) is 0.318. The zero-order valence-electron chi connectivity index (χ0n) is 17.8.